The summed E-state index contributed by atoms with van der Waals surface area (Å²) in [6, 6.07) is 4.10. The molecule has 2 nitrogen and oxygen atoms in total. The lowest BCUT2D eigenvalue weighted by molar-refractivity contribution is 0.106. The number of benzene rings is 1. The molecule has 19 heavy (non-hydrogen) atoms. The number of hydrogen-bond acceptors (Lipinski definition) is 2. The highest BCUT2D eigenvalue weighted by Gasteiger charge is 2.12. The van der Waals surface area contributed by atoms with Gasteiger partial charge in [-0.3, -0.25) is 0 Å². The van der Waals surface area contributed by atoms with Crippen molar-refractivity contribution >= 4 is 12.4 Å². The third-order valence-corrected chi connectivity index (χ3v) is 3.30. The average Bonchev–Trinajstić information content (AvgIpc) is 2.38. The number of hydrogen-bond donors (Lipinski definition) is 1. The molecule has 1 unspecified atom stereocenters. The van der Waals surface area contributed by atoms with Crippen LogP contribution in [0.3, 0.4) is 0 Å². The fourth-order valence-electron chi connectivity index (χ4n) is 2.22. The first-order valence-corrected chi connectivity index (χ1v) is 6.51. The molecule has 1 saturated heterocycles. The molecule has 0 amide bonds. The van der Waals surface area contributed by atoms with E-state index in [1.165, 1.54) is 31.4 Å². The van der Waals surface area contributed by atoms with E-state index < -0.39 is 11.6 Å². The zero-order valence-corrected chi connectivity index (χ0v) is 11.6. The molecule has 1 aliphatic rings. The Kier molecular flexibility index (Phi) is 7.28. The minimum Gasteiger partial charge on any atom is -0.377 e. The Bertz CT molecular complexity index is 384. The van der Waals surface area contributed by atoms with E-state index in [4.69, 9.17) is 4.74 Å². The monoisotopic (exact) mass is 291 g/mol. The van der Waals surface area contributed by atoms with E-state index in [2.05, 4.69) is 5.32 Å². The van der Waals surface area contributed by atoms with Gasteiger partial charge in [0.05, 0.1) is 6.61 Å². The van der Waals surface area contributed by atoms with E-state index in [1.807, 2.05) is 0 Å². The van der Waals surface area contributed by atoms with Gasteiger partial charge in [-0.15, -0.1) is 12.4 Å². The molecule has 1 heterocycles. The quantitative estimate of drug-likeness (QED) is 0.839. The van der Waals surface area contributed by atoms with Crippen LogP contribution in [0.1, 0.15) is 31.2 Å². The first-order chi connectivity index (χ1) is 8.75. The second-order valence-electron chi connectivity index (χ2n) is 4.72. The van der Waals surface area contributed by atoms with E-state index >= 15 is 0 Å². The third-order valence-electron chi connectivity index (χ3n) is 3.30. The number of halogens is 3. The number of piperidine rings is 1. The maximum atomic E-state index is 13.3. The molecule has 2 rings (SSSR count). The molecule has 1 aromatic rings. The fourth-order valence-corrected chi connectivity index (χ4v) is 2.22. The predicted molar refractivity (Wildman–Crippen MR) is 73.5 cm³/mol. The molecule has 1 atom stereocenters. The second kappa shape index (κ2) is 8.46. The van der Waals surface area contributed by atoms with Gasteiger partial charge < -0.3 is 10.1 Å². The van der Waals surface area contributed by atoms with Crippen molar-refractivity contribution in [3.05, 3.63) is 35.4 Å². The summed E-state index contributed by atoms with van der Waals surface area (Å²) in [6.07, 6.45) is 4.65. The van der Waals surface area contributed by atoms with Crippen molar-refractivity contribution < 1.29 is 13.5 Å². The van der Waals surface area contributed by atoms with Gasteiger partial charge in [-0.2, -0.15) is 0 Å². The van der Waals surface area contributed by atoms with Crippen LogP contribution in [0.15, 0.2) is 18.2 Å². The minimum atomic E-state index is -0.553. The maximum absolute atomic E-state index is 13.3. The second-order valence-corrected chi connectivity index (χ2v) is 4.72. The zero-order chi connectivity index (χ0) is 12.8. The van der Waals surface area contributed by atoms with E-state index in [9.17, 15) is 8.78 Å². The van der Waals surface area contributed by atoms with Gasteiger partial charge in [-0.1, -0.05) is 12.5 Å². The summed E-state index contributed by atoms with van der Waals surface area (Å²) in [6.45, 7) is 1.89. The largest absolute Gasteiger partial charge is 0.377 e. The van der Waals surface area contributed by atoms with Crippen LogP contribution < -0.4 is 5.32 Å². The Morgan fingerprint density at radius 1 is 1.26 bits per heavy atom. The topological polar surface area (TPSA) is 21.3 Å². The first kappa shape index (κ1) is 16.3. The summed E-state index contributed by atoms with van der Waals surface area (Å²) in [4.78, 5) is 0. The molecule has 1 aliphatic heterocycles. The van der Waals surface area contributed by atoms with Crippen molar-refractivity contribution in [3.63, 3.8) is 0 Å². The van der Waals surface area contributed by atoms with Crippen molar-refractivity contribution in [1.82, 2.24) is 5.32 Å². The van der Waals surface area contributed by atoms with E-state index in [0.29, 0.717) is 18.2 Å². The maximum Gasteiger partial charge on any atom is 0.131 e. The zero-order valence-electron chi connectivity index (χ0n) is 10.8. The van der Waals surface area contributed by atoms with Crippen LogP contribution in [0.5, 0.6) is 0 Å². The van der Waals surface area contributed by atoms with Crippen LogP contribution in [0.4, 0.5) is 8.78 Å². The molecule has 0 aliphatic carbocycles. The van der Waals surface area contributed by atoms with Gasteiger partial charge in [-0.25, -0.2) is 8.78 Å². The average molecular weight is 292 g/mol. The van der Waals surface area contributed by atoms with Crippen molar-refractivity contribution in [2.75, 3.05) is 13.2 Å². The number of rotatable bonds is 5. The number of ether oxygens (including phenoxy) is 1. The normalized spacial score (nSPS) is 18.9. The first-order valence-electron chi connectivity index (χ1n) is 6.51. The van der Waals surface area contributed by atoms with Crippen LogP contribution in [0.25, 0.3) is 0 Å². The predicted octanol–water partition coefficient (Wildman–Crippen LogP) is 3.44. The summed E-state index contributed by atoms with van der Waals surface area (Å²) in [5.41, 5.74) is 0.410. The summed E-state index contributed by atoms with van der Waals surface area (Å²) in [5, 5.41) is 3.43. The lowest BCUT2D eigenvalue weighted by atomic mass is 10.0. The van der Waals surface area contributed by atoms with Gasteiger partial charge in [-0.05, 0) is 31.9 Å². The van der Waals surface area contributed by atoms with Gasteiger partial charge in [0.15, 0.2) is 0 Å². The molecule has 0 aromatic heterocycles. The van der Waals surface area contributed by atoms with Crippen LogP contribution >= 0.6 is 12.4 Å². The Morgan fingerprint density at radius 3 is 2.79 bits per heavy atom. The molecule has 1 N–H and O–H groups in total. The molecule has 0 radical (unpaired) electrons. The summed E-state index contributed by atoms with van der Waals surface area (Å²) < 4.78 is 31.4. The standard InChI is InChI=1S/C14H19F2NO.ClH/c15-12-5-4-11(14(16)9-12)10-18-8-6-13-3-1-2-7-17-13;/h4-5,9,13,17H,1-3,6-8,10H2;1H. The lowest BCUT2D eigenvalue weighted by Crippen LogP contribution is -2.34. The smallest absolute Gasteiger partial charge is 0.131 e. The summed E-state index contributed by atoms with van der Waals surface area (Å²) in [5.74, 6) is -1.09. The van der Waals surface area contributed by atoms with Crippen molar-refractivity contribution in [3.8, 4) is 0 Å². The third kappa shape index (κ3) is 5.43. The highest BCUT2D eigenvalue weighted by atomic mass is 35.5. The Morgan fingerprint density at radius 2 is 2.11 bits per heavy atom. The van der Waals surface area contributed by atoms with Crippen molar-refractivity contribution in [1.29, 1.82) is 0 Å². The molecule has 0 bridgehead atoms. The Balaban J connectivity index is 0.00000180. The van der Waals surface area contributed by atoms with Crippen molar-refractivity contribution in [2.24, 2.45) is 0 Å². The van der Waals surface area contributed by atoms with Gasteiger partial charge in [0, 0.05) is 24.3 Å². The lowest BCUT2D eigenvalue weighted by Gasteiger charge is -2.23. The van der Waals surface area contributed by atoms with E-state index in [-0.39, 0.29) is 19.0 Å². The molecule has 5 heteroatoms. The molecule has 0 spiro atoms. The van der Waals surface area contributed by atoms with Crippen LogP contribution in [0.2, 0.25) is 0 Å². The molecule has 1 aromatic carbocycles. The SMILES string of the molecule is Cl.Fc1ccc(COCCC2CCCCN2)c(F)c1. The van der Waals surface area contributed by atoms with Gasteiger partial charge in [0.2, 0.25) is 0 Å². The molecule has 0 saturated carbocycles. The molecular formula is C14H20ClF2NO. The van der Waals surface area contributed by atoms with Crippen LogP contribution in [0, 0.1) is 11.6 Å². The Hall–Kier alpha value is -0.710. The summed E-state index contributed by atoms with van der Waals surface area (Å²) in [7, 11) is 0. The Labute approximate surface area is 118 Å². The molecule has 1 fully saturated rings. The van der Waals surface area contributed by atoms with Gasteiger partial charge >= 0.3 is 0 Å². The molecule has 108 valence electrons. The summed E-state index contributed by atoms with van der Waals surface area (Å²) >= 11 is 0. The fraction of sp³-hybridized carbons (Fsp3) is 0.571. The van der Waals surface area contributed by atoms with Crippen LogP contribution in [-0.2, 0) is 11.3 Å². The van der Waals surface area contributed by atoms with Crippen molar-refractivity contribution in [2.45, 2.75) is 38.3 Å². The minimum absolute atomic E-state index is 0. The highest BCUT2D eigenvalue weighted by molar-refractivity contribution is 5.85. The molecular weight excluding hydrogens is 272 g/mol. The van der Waals surface area contributed by atoms with E-state index in [1.54, 1.807) is 0 Å². The van der Waals surface area contributed by atoms with Crippen LogP contribution in [-0.4, -0.2) is 19.2 Å². The highest BCUT2D eigenvalue weighted by Crippen LogP contribution is 2.12. The van der Waals surface area contributed by atoms with Gasteiger partial charge in [0.25, 0.3) is 0 Å². The van der Waals surface area contributed by atoms with Gasteiger partial charge in [0.1, 0.15) is 11.6 Å². The van der Waals surface area contributed by atoms with E-state index in [0.717, 1.165) is 19.0 Å². The number of nitrogens with one attached hydrogen (secondary N) is 1.